The van der Waals surface area contributed by atoms with E-state index in [4.69, 9.17) is 27.9 Å². The lowest BCUT2D eigenvalue weighted by atomic mass is 10.1. The highest BCUT2D eigenvalue weighted by atomic mass is 35.5. The zero-order valence-corrected chi connectivity index (χ0v) is 17.4. The Morgan fingerprint density at radius 1 is 1.39 bits per heavy atom. The van der Waals surface area contributed by atoms with Crippen LogP contribution in [-0.4, -0.2) is 62.8 Å². The molecule has 2 aliphatic heterocycles. The number of carbonyl (C=O) groups is 2. The summed E-state index contributed by atoms with van der Waals surface area (Å²) in [6, 6.07) is 3.83. The van der Waals surface area contributed by atoms with Gasteiger partial charge in [0.15, 0.2) is 4.84 Å². The van der Waals surface area contributed by atoms with Crippen molar-refractivity contribution in [3.8, 4) is 0 Å². The monoisotopic (exact) mass is 467 g/mol. The SMILES string of the molecule is O=C(NC[C@H]1CN(c2ccc(C3C=NC(Cn4cncn4)=N3)c(F)c2)C(=O)O1)C(Cl)Cl. The molecule has 2 amide bonds. The van der Waals surface area contributed by atoms with Crippen molar-refractivity contribution in [1.29, 1.82) is 0 Å². The van der Waals surface area contributed by atoms with E-state index < -0.39 is 34.8 Å². The summed E-state index contributed by atoms with van der Waals surface area (Å²) < 4.78 is 21.6. The van der Waals surface area contributed by atoms with E-state index in [9.17, 15) is 14.0 Å². The van der Waals surface area contributed by atoms with Gasteiger partial charge < -0.3 is 10.1 Å². The third kappa shape index (κ3) is 4.83. The lowest BCUT2D eigenvalue weighted by Gasteiger charge is -2.15. The first kappa shape index (κ1) is 21.2. The zero-order valence-electron chi connectivity index (χ0n) is 15.9. The highest BCUT2D eigenvalue weighted by molar-refractivity contribution is 6.53. The molecule has 13 heteroatoms. The predicted octanol–water partition coefficient (Wildman–Crippen LogP) is 1.89. The lowest BCUT2D eigenvalue weighted by molar-refractivity contribution is -0.119. The van der Waals surface area contributed by atoms with Gasteiger partial charge in [0.1, 0.15) is 43.0 Å². The number of carbonyl (C=O) groups excluding carboxylic acids is 2. The number of benzene rings is 1. The van der Waals surface area contributed by atoms with Crippen LogP contribution in [0.2, 0.25) is 0 Å². The minimum atomic E-state index is -1.21. The maximum Gasteiger partial charge on any atom is 0.414 e. The summed E-state index contributed by atoms with van der Waals surface area (Å²) in [5.74, 6) is -0.616. The number of halogens is 3. The number of hydrogen-bond acceptors (Lipinski definition) is 7. The maximum atomic E-state index is 14.8. The van der Waals surface area contributed by atoms with Gasteiger partial charge in [0.2, 0.25) is 0 Å². The van der Waals surface area contributed by atoms with Crippen LogP contribution < -0.4 is 10.2 Å². The van der Waals surface area contributed by atoms with Gasteiger partial charge in [-0.1, -0.05) is 29.3 Å². The molecule has 0 radical (unpaired) electrons. The molecule has 1 saturated heterocycles. The molecule has 1 N–H and O–H groups in total. The van der Waals surface area contributed by atoms with E-state index in [0.29, 0.717) is 23.6 Å². The van der Waals surface area contributed by atoms with Gasteiger partial charge in [-0.05, 0) is 12.1 Å². The van der Waals surface area contributed by atoms with Gasteiger partial charge in [-0.15, -0.1) is 0 Å². The van der Waals surface area contributed by atoms with E-state index >= 15 is 0 Å². The quantitative estimate of drug-likeness (QED) is 0.624. The Hall–Kier alpha value is -3.05. The molecule has 1 aromatic carbocycles. The summed E-state index contributed by atoms with van der Waals surface area (Å²) in [6.07, 6.45) is 3.24. The van der Waals surface area contributed by atoms with Crippen molar-refractivity contribution in [2.75, 3.05) is 18.0 Å². The van der Waals surface area contributed by atoms with Gasteiger partial charge in [0.25, 0.3) is 5.91 Å². The first-order chi connectivity index (χ1) is 14.9. The second kappa shape index (κ2) is 8.98. The fourth-order valence-corrected chi connectivity index (χ4v) is 3.28. The first-order valence-electron chi connectivity index (χ1n) is 9.17. The van der Waals surface area contributed by atoms with E-state index in [1.807, 2.05) is 0 Å². The van der Waals surface area contributed by atoms with Crippen molar-refractivity contribution < 1.29 is 18.7 Å². The maximum absolute atomic E-state index is 14.8. The molecule has 162 valence electrons. The number of nitrogens with one attached hydrogen (secondary N) is 1. The van der Waals surface area contributed by atoms with Crippen molar-refractivity contribution in [2.24, 2.45) is 9.98 Å². The van der Waals surface area contributed by atoms with E-state index in [0.717, 1.165) is 0 Å². The van der Waals surface area contributed by atoms with Gasteiger partial charge in [-0.2, -0.15) is 5.10 Å². The Balaban J connectivity index is 1.41. The second-order valence-corrected chi connectivity index (χ2v) is 7.83. The molecule has 0 aliphatic carbocycles. The minimum absolute atomic E-state index is 0.0411. The fourth-order valence-electron chi connectivity index (χ4n) is 3.13. The summed E-state index contributed by atoms with van der Waals surface area (Å²) in [4.78, 5) is 36.1. The smallest absolute Gasteiger partial charge is 0.414 e. The molecular weight excluding hydrogens is 452 g/mol. The molecule has 1 fully saturated rings. The summed E-state index contributed by atoms with van der Waals surface area (Å²) in [6.45, 7) is 0.510. The average Bonchev–Trinajstić information content (AvgIpc) is 3.48. The molecule has 4 rings (SSSR count). The van der Waals surface area contributed by atoms with Crippen molar-refractivity contribution >= 4 is 52.9 Å². The van der Waals surface area contributed by atoms with Crippen molar-refractivity contribution in [1.82, 2.24) is 20.1 Å². The van der Waals surface area contributed by atoms with Gasteiger partial charge in [-0.25, -0.2) is 23.8 Å². The van der Waals surface area contributed by atoms with Crippen LogP contribution in [0.25, 0.3) is 0 Å². The fraction of sp³-hybridized carbons (Fsp3) is 0.333. The Labute approximate surface area is 185 Å². The van der Waals surface area contributed by atoms with Crippen LogP contribution in [0.5, 0.6) is 0 Å². The summed E-state index contributed by atoms with van der Waals surface area (Å²) >= 11 is 10.9. The lowest BCUT2D eigenvalue weighted by Crippen LogP contribution is -2.37. The van der Waals surface area contributed by atoms with E-state index in [2.05, 4.69) is 25.4 Å². The number of ether oxygens (including phenoxy) is 1. The Kier molecular flexibility index (Phi) is 6.14. The number of aliphatic imine (C=N–C) groups is 2. The van der Waals surface area contributed by atoms with E-state index in [1.165, 1.54) is 23.6 Å². The third-order valence-electron chi connectivity index (χ3n) is 4.61. The molecule has 10 nitrogen and oxygen atoms in total. The molecule has 0 saturated carbocycles. The molecule has 2 atom stereocenters. The highest BCUT2D eigenvalue weighted by Gasteiger charge is 2.33. The van der Waals surface area contributed by atoms with Crippen LogP contribution >= 0.6 is 23.2 Å². The van der Waals surface area contributed by atoms with Crippen LogP contribution in [0.4, 0.5) is 14.9 Å². The van der Waals surface area contributed by atoms with Gasteiger partial charge in [-0.3, -0.25) is 14.7 Å². The minimum Gasteiger partial charge on any atom is -0.442 e. The average molecular weight is 468 g/mol. The largest absolute Gasteiger partial charge is 0.442 e. The molecule has 1 aromatic heterocycles. The highest BCUT2D eigenvalue weighted by Crippen LogP contribution is 2.28. The number of hydrogen-bond donors (Lipinski definition) is 1. The second-order valence-electron chi connectivity index (χ2n) is 6.73. The Morgan fingerprint density at radius 3 is 2.94 bits per heavy atom. The summed E-state index contributed by atoms with van der Waals surface area (Å²) in [5.41, 5.74) is 0.655. The van der Waals surface area contributed by atoms with Gasteiger partial charge >= 0.3 is 6.09 Å². The molecule has 2 aliphatic rings. The number of rotatable bonds is 7. The van der Waals surface area contributed by atoms with Crippen molar-refractivity contribution in [2.45, 2.75) is 23.5 Å². The summed E-state index contributed by atoms with van der Waals surface area (Å²) in [7, 11) is 0. The Bertz CT molecular complexity index is 1040. The van der Waals surface area contributed by atoms with Crippen LogP contribution in [0.15, 0.2) is 40.8 Å². The molecule has 31 heavy (non-hydrogen) atoms. The zero-order chi connectivity index (χ0) is 22.0. The number of anilines is 1. The van der Waals surface area contributed by atoms with E-state index in [-0.39, 0.29) is 13.1 Å². The van der Waals surface area contributed by atoms with Crippen molar-refractivity contribution in [3.63, 3.8) is 0 Å². The Morgan fingerprint density at radius 2 is 2.23 bits per heavy atom. The van der Waals surface area contributed by atoms with Crippen LogP contribution in [0, 0.1) is 5.82 Å². The predicted molar refractivity (Wildman–Crippen MR) is 111 cm³/mol. The molecule has 3 heterocycles. The molecule has 0 spiro atoms. The number of cyclic esters (lactones) is 1. The van der Waals surface area contributed by atoms with Gasteiger partial charge in [0.05, 0.1) is 18.8 Å². The van der Waals surface area contributed by atoms with Crippen molar-refractivity contribution in [3.05, 3.63) is 42.2 Å². The topological polar surface area (TPSA) is 114 Å². The number of amides is 2. The standard InChI is InChI=1S/C18H16Cl2FN7O3/c19-16(20)17(29)24-4-11-6-28(18(30)31-11)10-1-2-12(13(21)3-10)14-5-23-15(26-14)7-27-9-22-8-25-27/h1-3,5,8-9,11,14,16H,4,6-7H2,(H,24,29)/t11-,14?/m0/s1. The normalized spacial score (nSPS) is 20.3. The molecule has 1 unspecified atom stereocenters. The molecule has 0 bridgehead atoms. The number of alkyl halides is 2. The number of nitrogens with zero attached hydrogens (tertiary/aromatic N) is 6. The molecule has 2 aromatic rings. The third-order valence-corrected chi connectivity index (χ3v) is 5.01. The van der Waals surface area contributed by atoms with Gasteiger partial charge in [0, 0.05) is 11.8 Å². The number of amidine groups is 1. The van der Waals surface area contributed by atoms with Crippen LogP contribution in [0.3, 0.4) is 0 Å². The summed E-state index contributed by atoms with van der Waals surface area (Å²) in [5, 5.41) is 6.46. The van der Waals surface area contributed by atoms with Crippen LogP contribution in [0.1, 0.15) is 11.6 Å². The molecular formula is C18H16Cl2FN7O3. The van der Waals surface area contributed by atoms with E-state index in [1.54, 1.807) is 23.0 Å². The first-order valence-corrected chi connectivity index (χ1v) is 10.0. The van der Waals surface area contributed by atoms with Crippen LogP contribution in [-0.2, 0) is 16.1 Å². The number of aromatic nitrogens is 3.